The molecule has 3 nitrogen and oxygen atoms in total. The number of nitrogens with one attached hydrogen (secondary N) is 1. The molecule has 0 amide bonds. The Kier molecular flexibility index (Phi) is 2.07. The lowest BCUT2D eigenvalue weighted by Gasteiger charge is -2.04. The Bertz CT molecular complexity index is 560. The number of aryl methyl sites for hydroxylation is 1. The summed E-state index contributed by atoms with van der Waals surface area (Å²) in [5.41, 5.74) is 1.34. The Morgan fingerprint density at radius 1 is 1.36 bits per heavy atom. The van der Waals surface area contributed by atoms with Crippen LogP contribution in [-0.2, 0) is 0 Å². The summed E-state index contributed by atoms with van der Waals surface area (Å²) in [5.74, 6) is 0.00755. The molecule has 0 bridgehead atoms. The van der Waals surface area contributed by atoms with Gasteiger partial charge in [0.1, 0.15) is 5.75 Å². The minimum Gasteiger partial charge on any atom is -0.507 e. The van der Waals surface area contributed by atoms with Crippen molar-refractivity contribution in [2.75, 3.05) is 0 Å². The fraction of sp³-hybridized carbons (Fsp3) is 0.100. The van der Waals surface area contributed by atoms with Crippen molar-refractivity contribution in [1.82, 2.24) is 4.98 Å². The molecular weight excluding hydrogens is 246 g/mol. The van der Waals surface area contributed by atoms with Gasteiger partial charge >= 0.3 is 0 Å². The average molecular weight is 254 g/mol. The van der Waals surface area contributed by atoms with Gasteiger partial charge in [0.2, 0.25) is 0 Å². The van der Waals surface area contributed by atoms with E-state index in [1.807, 2.05) is 19.1 Å². The maximum Gasteiger partial charge on any atom is 0.252 e. The molecule has 0 saturated carbocycles. The predicted molar refractivity (Wildman–Crippen MR) is 58.7 cm³/mol. The molecule has 0 unspecified atom stereocenters. The van der Waals surface area contributed by atoms with Crippen LogP contribution >= 0.6 is 15.9 Å². The second-order valence-corrected chi connectivity index (χ2v) is 4.04. The van der Waals surface area contributed by atoms with Crippen LogP contribution in [0.3, 0.4) is 0 Å². The quantitative estimate of drug-likeness (QED) is 0.757. The molecule has 1 aromatic carbocycles. The molecule has 2 N–H and O–H groups in total. The van der Waals surface area contributed by atoms with Gasteiger partial charge in [-0.05, 0) is 40.5 Å². The van der Waals surface area contributed by atoms with Crippen LogP contribution in [0, 0.1) is 6.92 Å². The molecule has 0 spiro atoms. The molecule has 0 saturated heterocycles. The largest absolute Gasteiger partial charge is 0.507 e. The lowest BCUT2D eigenvalue weighted by atomic mass is 10.1. The van der Waals surface area contributed by atoms with Crippen molar-refractivity contribution in [2.24, 2.45) is 0 Å². The Balaban J connectivity index is 3.01. The minimum atomic E-state index is -0.306. The molecule has 0 radical (unpaired) electrons. The second kappa shape index (κ2) is 3.13. The highest BCUT2D eigenvalue weighted by Crippen LogP contribution is 2.28. The molecule has 1 heterocycles. The van der Waals surface area contributed by atoms with Crippen molar-refractivity contribution in [3.63, 3.8) is 0 Å². The van der Waals surface area contributed by atoms with Crippen LogP contribution in [0.4, 0.5) is 0 Å². The fourth-order valence-corrected chi connectivity index (χ4v) is 2.11. The van der Waals surface area contributed by atoms with Gasteiger partial charge in [-0.1, -0.05) is 0 Å². The van der Waals surface area contributed by atoms with Crippen LogP contribution in [0.25, 0.3) is 10.9 Å². The molecule has 4 heteroatoms. The van der Waals surface area contributed by atoms with Gasteiger partial charge in [0, 0.05) is 15.9 Å². The van der Waals surface area contributed by atoms with Crippen LogP contribution in [0.5, 0.6) is 5.75 Å². The molecule has 0 fully saturated rings. The summed E-state index contributed by atoms with van der Waals surface area (Å²) in [6.45, 7) is 1.93. The summed E-state index contributed by atoms with van der Waals surface area (Å²) in [7, 11) is 0. The normalized spacial score (nSPS) is 10.7. The van der Waals surface area contributed by atoms with Crippen molar-refractivity contribution in [3.8, 4) is 5.75 Å². The number of H-pyrrole nitrogens is 1. The van der Waals surface area contributed by atoms with E-state index in [9.17, 15) is 9.90 Å². The van der Waals surface area contributed by atoms with Gasteiger partial charge in [-0.25, -0.2) is 0 Å². The topological polar surface area (TPSA) is 53.1 Å². The number of aromatic nitrogens is 1. The summed E-state index contributed by atoms with van der Waals surface area (Å²) in [6.07, 6.45) is 0. The predicted octanol–water partition coefficient (Wildman–Crippen LogP) is 2.30. The number of halogens is 1. The zero-order chi connectivity index (χ0) is 10.3. The number of benzene rings is 1. The first kappa shape index (κ1) is 9.27. The van der Waals surface area contributed by atoms with E-state index < -0.39 is 0 Å². The Morgan fingerprint density at radius 3 is 2.79 bits per heavy atom. The van der Waals surface area contributed by atoms with Crippen LogP contribution in [0.2, 0.25) is 0 Å². The summed E-state index contributed by atoms with van der Waals surface area (Å²) in [4.78, 5) is 13.8. The summed E-state index contributed by atoms with van der Waals surface area (Å²) >= 11 is 3.33. The molecule has 72 valence electrons. The molecule has 2 rings (SSSR count). The highest BCUT2D eigenvalue weighted by Gasteiger charge is 2.05. The van der Waals surface area contributed by atoms with Crippen molar-refractivity contribution in [2.45, 2.75) is 6.92 Å². The highest BCUT2D eigenvalue weighted by molar-refractivity contribution is 9.10. The second-order valence-electron chi connectivity index (χ2n) is 3.19. The Labute approximate surface area is 88.5 Å². The number of aromatic amines is 1. The molecule has 14 heavy (non-hydrogen) atoms. The molecule has 0 atom stereocenters. The number of fused-ring (bicyclic) bond motifs is 1. The van der Waals surface area contributed by atoms with Gasteiger partial charge in [0.25, 0.3) is 5.56 Å². The van der Waals surface area contributed by atoms with Gasteiger partial charge < -0.3 is 10.1 Å². The molecular formula is C10H8BrNO2. The first-order chi connectivity index (χ1) is 6.58. The first-order valence-corrected chi connectivity index (χ1v) is 4.89. The van der Waals surface area contributed by atoms with E-state index in [1.165, 1.54) is 6.07 Å². The molecule has 2 aromatic rings. The van der Waals surface area contributed by atoms with Gasteiger partial charge in [0.15, 0.2) is 0 Å². The van der Waals surface area contributed by atoms with Gasteiger partial charge in [-0.3, -0.25) is 4.79 Å². The molecule has 1 aromatic heterocycles. The van der Waals surface area contributed by atoms with E-state index in [4.69, 9.17) is 0 Å². The number of rotatable bonds is 0. The number of pyridine rings is 1. The van der Waals surface area contributed by atoms with Crippen LogP contribution in [0.15, 0.2) is 27.5 Å². The van der Waals surface area contributed by atoms with Crippen LogP contribution in [-0.4, -0.2) is 10.1 Å². The average Bonchev–Trinajstić information content (AvgIpc) is 2.07. The van der Waals surface area contributed by atoms with E-state index in [2.05, 4.69) is 20.9 Å². The maximum atomic E-state index is 11.1. The molecule has 0 aliphatic rings. The van der Waals surface area contributed by atoms with Crippen LogP contribution in [0.1, 0.15) is 5.56 Å². The zero-order valence-electron chi connectivity index (χ0n) is 7.47. The summed E-state index contributed by atoms with van der Waals surface area (Å²) in [6, 6.07) is 4.89. The van der Waals surface area contributed by atoms with E-state index in [0.717, 1.165) is 10.0 Å². The minimum absolute atomic E-state index is 0.00755. The summed E-state index contributed by atoms with van der Waals surface area (Å²) in [5, 5.41) is 10.2. The lowest BCUT2D eigenvalue weighted by Crippen LogP contribution is -2.03. The van der Waals surface area contributed by atoms with Gasteiger partial charge in [0.05, 0.1) is 5.52 Å². The highest BCUT2D eigenvalue weighted by atomic mass is 79.9. The molecule has 0 aliphatic heterocycles. The first-order valence-electron chi connectivity index (χ1n) is 4.10. The third-order valence-corrected chi connectivity index (χ3v) is 2.65. The number of hydrogen-bond acceptors (Lipinski definition) is 2. The number of aromatic hydroxyl groups is 1. The van der Waals surface area contributed by atoms with E-state index in [1.54, 1.807) is 0 Å². The number of hydrogen-bond donors (Lipinski definition) is 2. The Morgan fingerprint density at radius 2 is 2.07 bits per heavy atom. The fourth-order valence-electron chi connectivity index (χ4n) is 1.43. The van der Waals surface area contributed by atoms with E-state index in [-0.39, 0.29) is 11.3 Å². The Hall–Kier alpha value is -1.29. The van der Waals surface area contributed by atoms with Gasteiger partial charge in [-0.2, -0.15) is 0 Å². The van der Waals surface area contributed by atoms with E-state index >= 15 is 0 Å². The van der Waals surface area contributed by atoms with Crippen molar-refractivity contribution >= 4 is 26.8 Å². The van der Waals surface area contributed by atoms with Gasteiger partial charge in [-0.15, -0.1) is 0 Å². The van der Waals surface area contributed by atoms with E-state index in [0.29, 0.717) is 10.9 Å². The zero-order valence-corrected chi connectivity index (χ0v) is 9.05. The SMILES string of the molecule is Cc1cc(Br)c2[nH]c(=O)cc(O)c2c1. The van der Waals surface area contributed by atoms with Crippen molar-refractivity contribution in [3.05, 3.63) is 38.6 Å². The lowest BCUT2D eigenvalue weighted by molar-refractivity contribution is 0.480. The monoisotopic (exact) mass is 253 g/mol. The molecule has 0 aliphatic carbocycles. The van der Waals surface area contributed by atoms with Crippen molar-refractivity contribution < 1.29 is 5.11 Å². The smallest absolute Gasteiger partial charge is 0.252 e. The van der Waals surface area contributed by atoms with Crippen LogP contribution < -0.4 is 5.56 Å². The van der Waals surface area contributed by atoms with Crippen molar-refractivity contribution in [1.29, 1.82) is 0 Å². The maximum absolute atomic E-state index is 11.1. The summed E-state index contributed by atoms with van der Waals surface area (Å²) < 4.78 is 0.778. The third-order valence-electron chi connectivity index (χ3n) is 2.03. The standard InChI is InChI=1S/C10H8BrNO2/c1-5-2-6-8(13)4-9(14)12-10(6)7(11)3-5/h2-4H,1H3,(H2,12,13,14). The third kappa shape index (κ3) is 1.42.